The Balaban J connectivity index is 2.62. The van der Waals surface area contributed by atoms with Gasteiger partial charge in [0, 0.05) is 6.54 Å². The first-order valence-corrected chi connectivity index (χ1v) is 7.66. The standard InChI is InChI=1S/C10H17N3O2S2/c1-3-16-8(17-4-2)5-6-13-7-11-12-9(14)10(13)15/h7-8H,3-6H2,1-2H3,(H,12,14). The predicted octanol–water partition coefficient (Wildman–Crippen LogP) is 1.15. The molecule has 0 fully saturated rings. The number of aryl methyl sites for hydroxylation is 1. The molecule has 5 nitrogen and oxygen atoms in total. The van der Waals surface area contributed by atoms with Crippen molar-refractivity contribution in [3.63, 3.8) is 0 Å². The number of aromatic amines is 1. The van der Waals surface area contributed by atoms with Crippen molar-refractivity contribution in [1.82, 2.24) is 14.8 Å². The molecule has 1 aromatic heterocycles. The lowest BCUT2D eigenvalue weighted by molar-refractivity contribution is 0.613. The van der Waals surface area contributed by atoms with E-state index < -0.39 is 11.1 Å². The number of nitrogens with one attached hydrogen (secondary N) is 1. The van der Waals surface area contributed by atoms with Crippen molar-refractivity contribution in [2.24, 2.45) is 0 Å². The third-order valence-corrected chi connectivity index (χ3v) is 4.83. The van der Waals surface area contributed by atoms with Gasteiger partial charge in [0.25, 0.3) is 0 Å². The van der Waals surface area contributed by atoms with Crippen molar-refractivity contribution < 1.29 is 0 Å². The molecule has 96 valence electrons. The summed E-state index contributed by atoms with van der Waals surface area (Å²) in [5.74, 6) is 2.11. The molecule has 0 atom stereocenters. The SMILES string of the molecule is CCSC(CCn1cn[nH]c(=O)c1=O)SCC. The summed E-state index contributed by atoms with van der Waals surface area (Å²) in [6.07, 6.45) is 2.25. The Morgan fingerprint density at radius 1 is 1.35 bits per heavy atom. The van der Waals surface area contributed by atoms with E-state index in [4.69, 9.17) is 0 Å². The van der Waals surface area contributed by atoms with Gasteiger partial charge in [-0.05, 0) is 17.9 Å². The number of nitrogens with zero attached hydrogens (tertiary/aromatic N) is 2. The molecule has 0 amide bonds. The number of hydrogen-bond acceptors (Lipinski definition) is 5. The summed E-state index contributed by atoms with van der Waals surface area (Å²) in [4.78, 5) is 22.5. The second kappa shape index (κ2) is 7.60. The maximum absolute atomic E-state index is 11.5. The van der Waals surface area contributed by atoms with Crippen LogP contribution >= 0.6 is 23.5 Å². The second-order valence-electron chi connectivity index (χ2n) is 3.31. The molecule has 1 rings (SSSR count). The van der Waals surface area contributed by atoms with Gasteiger partial charge in [0.15, 0.2) is 0 Å². The molecule has 1 aromatic rings. The van der Waals surface area contributed by atoms with Crippen molar-refractivity contribution in [3.05, 3.63) is 27.0 Å². The molecule has 0 bridgehead atoms. The van der Waals surface area contributed by atoms with E-state index in [-0.39, 0.29) is 0 Å². The van der Waals surface area contributed by atoms with E-state index in [2.05, 4.69) is 24.0 Å². The molecule has 0 saturated carbocycles. The van der Waals surface area contributed by atoms with E-state index in [9.17, 15) is 9.59 Å². The zero-order valence-electron chi connectivity index (χ0n) is 10.0. The lowest BCUT2D eigenvalue weighted by Crippen LogP contribution is -2.37. The number of hydrogen-bond donors (Lipinski definition) is 1. The molecule has 1 N–H and O–H groups in total. The zero-order valence-corrected chi connectivity index (χ0v) is 11.6. The van der Waals surface area contributed by atoms with E-state index in [1.807, 2.05) is 23.5 Å². The van der Waals surface area contributed by atoms with Crippen molar-refractivity contribution in [2.75, 3.05) is 11.5 Å². The van der Waals surface area contributed by atoms with E-state index in [0.29, 0.717) is 11.1 Å². The summed E-state index contributed by atoms with van der Waals surface area (Å²) < 4.78 is 1.84. The van der Waals surface area contributed by atoms with Gasteiger partial charge >= 0.3 is 11.1 Å². The fraction of sp³-hybridized carbons (Fsp3) is 0.700. The average Bonchev–Trinajstić information content (AvgIpc) is 2.31. The van der Waals surface area contributed by atoms with Crippen LogP contribution in [0.5, 0.6) is 0 Å². The van der Waals surface area contributed by atoms with E-state index in [1.165, 1.54) is 10.9 Å². The third kappa shape index (κ3) is 4.59. The Morgan fingerprint density at radius 2 is 2.00 bits per heavy atom. The Morgan fingerprint density at radius 3 is 2.59 bits per heavy atom. The normalized spacial score (nSPS) is 11.0. The van der Waals surface area contributed by atoms with Crippen LogP contribution in [-0.2, 0) is 6.54 Å². The monoisotopic (exact) mass is 275 g/mol. The van der Waals surface area contributed by atoms with Crippen molar-refractivity contribution in [1.29, 1.82) is 0 Å². The lowest BCUT2D eigenvalue weighted by Gasteiger charge is -2.14. The van der Waals surface area contributed by atoms with Crippen LogP contribution in [0.15, 0.2) is 15.9 Å². The second-order valence-corrected chi connectivity index (χ2v) is 6.57. The number of H-pyrrole nitrogens is 1. The van der Waals surface area contributed by atoms with Gasteiger partial charge < -0.3 is 0 Å². The highest BCUT2D eigenvalue weighted by Gasteiger charge is 2.09. The molecule has 0 saturated heterocycles. The molecule has 7 heteroatoms. The molecule has 0 radical (unpaired) electrons. The van der Waals surface area contributed by atoms with Gasteiger partial charge in [0.1, 0.15) is 6.33 Å². The molecule has 1 heterocycles. The van der Waals surface area contributed by atoms with Gasteiger partial charge in [-0.1, -0.05) is 13.8 Å². The van der Waals surface area contributed by atoms with Crippen molar-refractivity contribution in [3.8, 4) is 0 Å². The molecule has 0 aliphatic carbocycles. The zero-order chi connectivity index (χ0) is 12.7. The lowest BCUT2D eigenvalue weighted by atomic mass is 10.4. The largest absolute Gasteiger partial charge is 0.330 e. The molecule has 0 spiro atoms. The molecular weight excluding hydrogens is 258 g/mol. The average molecular weight is 275 g/mol. The highest BCUT2D eigenvalue weighted by atomic mass is 32.2. The molecule has 0 aliphatic heterocycles. The van der Waals surface area contributed by atoms with E-state index in [1.54, 1.807) is 0 Å². The maximum atomic E-state index is 11.5. The quantitative estimate of drug-likeness (QED) is 0.597. The summed E-state index contributed by atoms with van der Waals surface area (Å²) in [6, 6.07) is 0. The van der Waals surface area contributed by atoms with Crippen LogP contribution in [-0.4, -0.2) is 30.9 Å². The van der Waals surface area contributed by atoms with E-state index >= 15 is 0 Å². The van der Waals surface area contributed by atoms with Gasteiger partial charge in [-0.15, -0.1) is 23.5 Å². The van der Waals surface area contributed by atoms with Crippen LogP contribution in [0.1, 0.15) is 20.3 Å². The van der Waals surface area contributed by atoms with Crippen molar-refractivity contribution >= 4 is 23.5 Å². The fourth-order valence-electron chi connectivity index (χ4n) is 1.38. The number of rotatable bonds is 7. The van der Waals surface area contributed by atoms with Gasteiger partial charge in [-0.2, -0.15) is 5.10 Å². The topological polar surface area (TPSA) is 67.8 Å². The molecule has 0 unspecified atom stereocenters. The molecule has 0 aliphatic rings. The summed E-state index contributed by atoms with van der Waals surface area (Å²) >= 11 is 3.74. The molecule has 17 heavy (non-hydrogen) atoms. The first-order chi connectivity index (χ1) is 8.19. The van der Waals surface area contributed by atoms with Gasteiger partial charge in [0.2, 0.25) is 0 Å². The smallest absolute Gasteiger partial charge is 0.293 e. The minimum atomic E-state index is -0.657. The van der Waals surface area contributed by atoms with Crippen LogP contribution in [0.25, 0.3) is 0 Å². The Labute approximate surface area is 108 Å². The summed E-state index contributed by atoms with van der Waals surface area (Å²) in [7, 11) is 0. The molecular formula is C10H17N3O2S2. The minimum absolute atomic E-state index is 0.469. The Hall–Kier alpha value is -0.690. The van der Waals surface area contributed by atoms with Crippen molar-refractivity contribution in [2.45, 2.75) is 31.4 Å². The maximum Gasteiger partial charge on any atom is 0.330 e. The van der Waals surface area contributed by atoms with Crippen LogP contribution < -0.4 is 11.1 Å². The first-order valence-electron chi connectivity index (χ1n) is 5.56. The van der Waals surface area contributed by atoms with Crippen LogP contribution in [0.3, 0.4) is 0 Å². The Kier molecular flexibility index (Phi) is 6.43. The summed E-state index contributed by atoms with van der Waals surface area (Å²) in [6.45, 7) is 4.78. The summed E-state index contributed by atoms with van der Waals surface area (Å²) in [5, 5.41) is 5.76. The first kappa shape index (κ1) is 14.4. The van der Waals surface area contributed by atoms with Crippen LogP contribution in [0.4, 0.5) is 0 Å². The number of thioether (sulfide) groups is 2. The third-order valence-electron chi connectivity index (χ3n) is 2.13. The fourth-order valence-corrected chi connectivity index (χ4v) is 3.87. The number of aromatic nitrogens is 3. The van der Waals surface area contributed by atoms with Gasteiger partial charge in [-0.25, -0.2) is 5.10 Å². The van der Waals surface area contributed by atoms with Gasteiger partial charge in [-0.3, -0.25) is 14.2 Å². The minimum Gasteiger partial charge on any atom is -0.293 e. The Bertz CT molecular complexity index is 438. The summed E-state index contributed by atoms with van der Waals surface area (Å²) in [5.41, 5.74) is -1.18. The van der Waals surface area contributed by atoms with Gasteiger partial charge in [0.05, 0.1) is 4.58 Å². The molecule has 0 aromatic carbocycles. The highest BCUT2D eigenvalue weighted by Crippen LogP contribution is 2.26. The van der Waals surface area contributed by atoms with Crippen LogP contribution in [0, 0.1) is 0 Å². The van der Waals surface area contributed by atoms with E-state index in [0.717, 1.165) is 17.9 Å². The predicted molar refractivity (Wildman–Crippen MR) is 73.8 cm³/mol. The highest BCUT2D eigenvalue weighted by molar-refractivity contribution is 8.16. The van der Waals surface area contributed by atoms with Crippen LogP contribution in [0.2, 0.25) is 0 Å².